The summed E-state index contributed by atoms with van der Waals surface area (Å²) in [4.78, 5) is 0. The predicted molar refractivity (Wildman–Crippen MR) is 57.9 cm³/mol. The molecule has 1 nitrogen and oxygen atoms in total. The second-order valence-corrected chi connectivity index (χ2v) is 4.11. The molecule has 0 aliphatic carbocycles. The molecule has 1 aromatic carbocycles. The summed E-state index contributed by atoms with van der Waals surface area (Å²) in [5.41, 5.74) is 7.08. The van der Waals surface area contributed by atoms with Crippen LogP contribution in [-0.2, 0) is 5.54 Å². The Balaban J connectivity index is 2.87. The van der Waals surface area contributed by atoms with E-state index < -0.39 is 0 Å². The van der Waals surface area contributed by atoms with Gasteiger partial charge in [0.05, 0.1) is 0 Å². The Morgan fingerprint density at radius 3 is 2.31 bits per heavy atom. The normalized spacial score (nSPS) is 15.4. The van der Waals surface area contributed by atoms with Gasteiger partial charge in [-0.3, -0.25) is 0 Å². The first-order valence-electron chi connectivity index (χ1n) is 4.61. The van der Waals surface area contributed by atoms with E-state index in [4.69, 9.17) is 17.3 Å². The molecular weight excluding hydrogens is 182 g/mol. The number of hydrogen-bond acceptors (Lipinski definition) is 1. The van der Waals surface area contributed by atoms with Gasteiger partial charge >= 0.3 is 0 Å². The van der Waals surface area contributed by atoms with Gasteiger partial charge in [0.15, 0.2) is 0 Å². The van der Waals surface area contributed by atoms with Crippen molar-refractivity contribution in [2.75, 3.05) is 0 Å². The molecule has 13 heavy (non-hydrogen) atoms. The van der Waals surface area contributed by atoms with E-state index in [-0.39, 0.29) is 5.54 Å². The van der Waals surface area contributed by atoms with E-state index in [0.717, 1.165) is 23.4 Å². The van der Waals surface area contributed by atoms with Crippen LogP contribution in [0.5, 0.6) is 0 Å². The molecule has 0 spiro atoms. The molecule has 0 amide bonds. The molecule has 0 saturated carbocycles. The lowest BCUT2D eigenvalue weighted by Gasteiger charge is -2.24. The van der Waals surface area contributed by atoms with Crippen molar-refractivity contribution < 1.29 is 0 Å². The third-order valence-electron chi connectivity index (χ3n) is 2.27. The molecule has 0 aromatic heterocycles. The van der Waals surface area contributed by atoms with Crippen LogP contribution in [0, 0.1) is 0 Å². The molecule has 72 valence electrons. The first-order chi connectivity index (χ1) is 6.06. The van der Waals surface area contributed by atoms with E-state index >= 15 is 0 Å². The number of benzene rings is 1. The quantitative estimate of drug-likeness (QED) is 0.791. The number of halogens is 1. The molecule has 1 rings (SSSR count). The lowest BCUT2D eigenvalue weighted by atomic mass is 9.89. The highest BCUT2D eigenvalue weighted by Crippen LogP contribution is 2.24. The lowest BCUT2D eigenvalue weighted by molar-refractivity contribution is 0.447. The second-order valence-electron chi connectivity index (χ2n) is 3.67. The minimum Gasteiger partial charge on any atom is -0.322 e. The van der Waals surface area contributed by atoms with Crippen LogP contribution < -0.4 is 5.73 Å². The van der Waals surface area contributed by atoms with Crippen molar-refractivity contribution in [2.45, 2.75) is 32.2 Å². The molecule has 0 aliphatic heterocycles. The predicted octanol–water partition coefficient (Wildman–Crippen LogP) is 3.31. The third kappa shape index (κ3) is 2.71. The summed E-state index contributed by atoms with van der Waals surface area (Å²) in [6.07, 6.45) is 2.09. The molecule has 2 heteroatoms. The Morgan fingerprint density at radius 2 is 1.85 bits per heavy atom. The fourth-order valence-electron chi connectivity index (χ4n) is 1.49. The highest BCUT2D eigenvalue weighted by atomic mass is 35.5. The smallest absolute Gasteiger partial charge is 0.0406 e. The molecule has 0 radical (unpaired) electrons. The zero-order valence-corrected chi connectivity index (χ0v) is 8.93. The second kappa shape index (κ2) is 4.12. The minimum absolute atomic E-state index is 0.223. The lowest BCUT2D eigenvalue weighted by Crippen LogP contribution is -2.32. The van der Waals surface area contributed by atoms with Crippen LogP contribution >= 0.6 is 11.6 Å². The fraction of sp³-hybridized carbons (Fsp3) is 0.455. The summed E-state index contributed by atoms with van der Waals surface area (Å²) >= 11 is 5.80. The van der Waals surface area contributed by atoms with E-state index in [1.54, 1.807) is 0 Å². The van der Waals surface area contributed by atoms with Gasteiger partial charge in [-0.1, -0.05) is 37.1 Å². The molecule has 1 atom stereocenters. The maximum atomic E-state index is 6.16. The van der Waals surface area contributed by atoms with Gasteiger partial charge in [-0.05, 0) is 31.0 Å². The molecule has 0 heterocycles. The topological polar surface area (TPSA) is 26.0 Å². The Labute approximate surface area is 84.9 Å². The van der Waals surface area contributed by atoms with Crippen LogP contribution in [0.25, 0.3) is 0 Å². The highest BCUT2D eigenvalue weighted by Gasteiger charge is 2.19. The third-order valence-corrected chi connectivity index (χ3v) is 2.53. The van der Waals surface area contributed by atoms with Gasteiger partial charge < -0.3 is 5.73 Å². The first-order valence-corrected chi connectivity index (χ1v) is 4.99. The van der Waals surface area contributed by atoms with Gasteiger partial charge in [-0.25, -0.2) is 0 Å². The van der Waals surface area contributed by atoms with Gasteiger partial charge in [0.1, 0.15) is 0 Å². The summed E-state index contributed by atoms with van der Waals surface area (Å²) in [5, 5.41) is 0.760. The molecular formula is C11H16ClN. The largest absolute Gasteiger partial charge is 0.322 e. The number of rotatable bonds is 3. The van der Waals surface area contributed by atoms with Gasteiger partial charge in [0.25, 0.3) is 0 Å². The Bertz CT molecular complexity index is 264. The fourth-order valence-corrected chi connectivity index (χ4v) is 1.62. The number of nitrogens with two attached hydrogens (primary N) is 1. The Kier molecular flexibility index (Phi) is 3.34. The van der Waals surface area contributed by atoms with Crippen molar-refractivity contribution in [3.8, 4) is 0 Å². The SMILES string of the molecule is CCCC(C)(N)c1ccc(Cl)cc1. The maximum Gasteiger partial charge on any atom is 0.0406 e. The van der Waals surface area contributed by atoms with Crippen LogP contribution in [-0.4, -0.2) is 0 Å². The van der Waals surface area contributed by atoms with Crippen molar-refractivity contribution in [1.29, 1.82) is 0 Å². The van der Waals surface area contributed by atoms with Crippen molar-refractivity contribution in [1.82, 2.24) is 0 Å². The van der Waals surface area contributed by atoms with Crippen LogP contribution in [0.1, 0.15) is 32.3 Å². The summed E-state index contributed by atoms with van der Waals surface area (Å²) in [6, 6.07) is 7.77. The zero-order valence-electron chi connectivity index (χ0n) is 8.18. The van der Waals surface area contributed by atoms with Gasteiger partial charge in [-0.2, -0.15) is 0 Å². The van der Waals surface area contributed by atoms with Crippen molar-refractivity contribution in [3.05, 3.63) is 34.9 Å². The van der Waals surface area contributed by atoms with Gasteiger partial charge in [-0.15, -0.1) is 0 Å². The zero-order chi connectivity index (χ0) is 9.90. The molecule has 2 N–H and O–H groups in total. The van der Waals surface area contributed by atoms with Crippen LogP contribution in [0.2, 0.25) is 5.02 Å². The van der Waals surface area contributed by atoms with Gasteiger partial charge in [0, 0.05) is 10.6 Å². The number of hydrogen-bond donors (Lipinski definition) is 1. The standard InChI is InChI=1S/C11H16ClN/c1-3-8-11(2,13)9-4-6-10(12)7-5-9/h4-7H,3,8,13H2,1-2H3. The maximum absolute atomic E-state index is 6.16. The van der Waals surface area contributed by atoms with Crippen molar-refractivity contribution in [2.24, 2.45) is 5.73 Å². The monoisotopic (exact) mass is 197 g/mol. The summed E-state index contributed by atoms with van der Waals surface area (Å²) < 4.78 is 0. The Morgan fingerprint density at radius 1 is 1.31 bits per heavy atom. The van der Waals surface area contributed by atoms with Crippen molar-refractivity contribution >= 4 is 11.6 Å². The highest BCUT2D eigenvalue weighted by molar-refractivity contribution is 6.30. The average molecular weight is 198 g/mol. The van der Waals surface area contributed by atoms with Crippen LogP contribution in [0.15, 0.2) is 24.3 Å². The minimum atomic E-state index is -0.223. The average Bonchev–Trinajstić information content (AvgIpc) is 2.05. The molecule has 0 fully saturated rings. The molecule has 1 unspecified atom stereocenters. The summed E-state index contributed by atoms with van der Waals surface area (Å²) in [6.45, 7) is 4.20. The van der Waals surface area contributed by atoms with Gasteiger partial charge in [0.2, 0.25) is 0 Å². The molecule has 0 saturated heterocycles. The summed E-state index contributed by atoms with van der Waals surface area (Å²) in [7, 11) is 0. The van der Waals surface area contributed by atoms with E-state index in [1.807, 2.05) is 24.3 Å². The van der Waals surface area contributed by atoms with Crippen LogP contribution in [0.4, 0.5) is 0 Å². The van der Waals surface area contributed by atoms with E-state index in [0.29, 0.717) is 0 Å². The van der Waals surface area contributed by atoms with Crippen molar-refractivity contribution in [3.63, 3.8) is 0 Å². The van der Waals surface area contributed by atoms with Crippen LogP contribution in [0.3, 0.4) is 0 Å². The molecule has 1 aromatic rings. The summed E-state index contributed by atoms with van der Waals surface area (Å²) in [5.74, 6) is 0. The molecule has 0 bridgehead atoms. The first kappa shape index (κ1) is 10.6. The Hall–Kier alpha value is -0.530. The molecule has 0 aliphatic rings. The van der Waals surface area contributed by atoms with E-state index in [9.17, 15) is 0 Å². The van der Waals surface area contributed by atoms with E-state index in [1.165, 1.54) is 0 Å². The van der Waals surface area contributed by atoms with E-state index in [2.05, 4.69) is 13.8 Å².